The van der Waals surface area contributed by atoms with Gasteiger partial charge in [0.25, 0.3) is 0 Å². The molecule has 1 amide bonds. The summed E-state index contributed by atoms with van der Waals surface area (Å²) in [5, 5.41) is 0. The van der Waals surface area contributed by atoms with Gasteiger partial charge in [-0.3, -0.25) is 4.79 Å². The molecule has 19 heavy (non-hydrogen) atoms. The third-order valence-corrected chi connectivity index (χ3v) is 4.40. The molecule has 1 heterocycles. The molecule has 0 radical (unpaired) electrons. The minimum Gasteiger partial charge on any atom is -0.341 e. The number of carbonyl (C=O) groups excluding carboxylic acids is 1. The molecule has 1 N–H and O–H groups in total. The molecule has 112 valence electrons. The molecule has 5 nitrogen and oxygen atoms in total. The molecule has 1 fully saturated rings. The van der Waals surface area contributed by atoms with E-state index in [1.165, 1.54) is 19.3 Å². The Morgan fingerprint density at radius 1 is 1.37 bits per heavy atom. The molecule has 0 unspecified atom stereocenters. The van der Waals surface area contributed by atoms with E-state index < -0.39 is 16.1 Å². The van der Waals surface area contributed by atoms with Crippen molar-refractivity contribution in [3.05, 3.63) is 0 Å². The third-order valence-electron chi connectivity index (χ3n) is 3.62. The number of likely N-dealkylation sites (tertiary alicyclic amines) is 1. The number of rotatable bonds is 5. The number of nitrogens with zero attached hydrogens (tertiary/aromatic N) is 1. The van der Waals surface area contributed by atoms with Crippen molar-refractivity contribution in [1.29, 1.82) is 0 Å². The van der Waals surface area contributed by atoms with E-state index in [0.717, 1.165) is 32.2 Å². The van der Waals surface area contributed by atoms with E-state index in [9.17, 15) is 13.2 Å². The van der Waals surface area contributed by atoms with Crippen molar-refractivity contribution < 1.29 is 13.2 Å². The van der Waals surface area contributed by atoms with Crippen molar-refractivity contribution in [2.45, 2.75) is 52.0 Å². The predicted octanol–water partition coefficient (Wildman–Crippen LogP) is 1.35. The smallest absolute Gasteiger partial charge is 0.240 e. The van der Waals surface area contributed by atoms with Gasteiger partial charge in [0.15, 0.2) is 0 Å². The van der Waals surface area contributed by atoms with E-state index in [-0.39, 0.29) is 5.91 Å². The number of nitrogens with one attached hydrogen (secondary N) is 1. The van der Waals surface area contributed by atoms with Gasteiger partial charge in [-0.2, -0.15) is 0 Å². The van der Waals surface area contributed by atoms with Crippen molar-refractivity contribution in [1.82, 2.24) is 9.62 Å². The molecular formula is C13H26N2O3S. The van der Waals surface area contributed by atoms with Gasteiger partial charge in [-0.15, -0.1) is 0 Å². The summed E-state index contributed by atoms with van der Waals surface area (Å²) in [7, 11) is -3.33. The summed E-state index contributed by atoms with van der Waals surface area (Å²) < 4.78 is 24.7. The van der Waals surface area contributed by atoms with Gasteiger partial charge in [-0.25, -0.2) is 13.1 Å². The fraction of sp³-hybridized carbons (Fsp3) is 0.923. The molecule has 0 aromatic heterocycles. The zero-order valence-electron chi connectivity index (χ0n) is 12.2. The second kappa shape index (κ2) is 7.24. The summed E-state index contributed by atoms with van der Waals surface area (Å²) in [5.41, 5.74) is 0. The van der Waals surface area contributed by atoms with Crippen molar-refractivity contribution in [3.63, 3.8) is 0 Å². The van der Waals surface area contributed by atoms with Crippen LogP contribution >= 0.6 is 0 Å². The summed E-state index contributed by atoms with van der Waals surface area (Å²) in [6.45, 7) is 5.29. The largest absolute Gasteiger partial charge is 0.341 e. The van der Waals surface area contributed by atoms with Crippen LogP contribution < -0.4 is 4.72 Å². The standard InChI is InChI=1S/C13H26N2O3S/c1-4-6-12-7-5-9-15(10-8-12)13(16)11(2)14-19(3,17)18/h11-12,14H,4-10H2,1-3H3/t11-,12-/m1/s1. The molecule has 0 aliphatic carbocycles. The second-order valence-corrected chi connectivity index (χ2v) is 7.30. The lowest BCUT2D eigenvalue weighted by molar-refractivity contribution is -0.132. The maximum absolute atomic E-state index is 12.2. The summed E-state index contributed by atoms with van der Waals surface area (Å²) in [6.07, 6.45) is 6.71. The molecule has 1 aliphatic rings. The average Bonchev–Trinajstić information content (AvgIpc) is 2.52. The van der Waals surface area contributed by atoms with E-state index in [1.807, 2.05) is 0 Å². The van der Waals surface area contributed by atoms with Crippen LogP contribution in [0.2, 0.25) is 0 Å². The molecule has 2 atom stereocenters. The maximum atomic E-state index is 12.2. The van der Waals surface area contributed by atoms with E-state index >= 15 is 0 Å². The lowest BCUT2D eigenvalue weighted by Crippen LogP contribution is -2.46. The lowest BCUT2D eigenvalue weighted by Gasteiger charge is -2.24. The summed E-state index contributed by atoms with van der Waals surface area (Å²) in [4.78, 5) is 14.0. The zero-order chi connectivity index (χ0) is 14.5. The van der Waals surface area contributed by atoms with E-state index in [2.05, 4.69) is 11.6 Å². The molecule has 0 bridgehead atoms. The van der Waals surface area contributed by atoms with Crippen LogP contribution in [-0.2, 0) is 14.8 Å². The van der Waals surface area contributed by atoms with Crippen LogP contribution in [0.1, 0.15) is 46.0 Å². The number of sulfonamides is 1. The molecule has 1 aliphatic heterocycles. The highest BCUT2D eigenvalue weighted by atomic mass is 32.2. The minimum absolute atomic E-state index is 0.109. The second-order valence-electron chi connectivity index (χ2n) is 5.52. The van der Waals surface area contributed by atoms with Crippen LogP contribution in [0.4, 0.5) is 0 Å². The number of hydrogen-bond donors (Lipinski definition) is 1. The number of carbonyl (C=O) groups is 1. The Kier molecular flexibility index (Phi) is 6.26. The first-order chi connectivity index (χ1) is 8.83. The van der Waals surface area contributed by atoms with Crippen LogP contribution in [0.3, 0.4) is 0 Å². The summed E-state index contributed by atoms with van der Waals surface area (Å²) in [6, 6.07) is -0.669. The van der Waals surface area contributed by atoms with Crippen LogP contribution in [0.15, 0.2) is 0 Å². The molecule has 0 saturated carbocycles. The Morgan fingerprint density at radius 2 is 2.05 bits per heavy atom. The molecular weight excluding hydrogens is 264 g/mol. The predicted molar refractivity (Wildman–Crippen MR) is 76.3 cm³/mol. The van der Waals surface area contributed by atoms with Crippen LogP contribution in [-0.4, -0.2) is 44.6 Å². The highest BCUT2D eigenvalue weighted by Gasteiger charge is 2.25. The normalized spacial score (nSPS) is 22.9. The van der Waals surface area contributed by atoms with Crippen molar-refractivity contribution in [3.8, 4) is 0 Å². The Morgan fingerprint density at radius 3 is 2.63 bits per heavy atom. The van der Waals surface area contributed by atoms with Crippen molar-refractivity contribution in [2.24, 2.45) is 5.92 Å². The first-order valence-electron chi connectivity index (χ1n) is 7.09. The molecule has 0 aromatic rings. The first-order valence-corrected chi connectivity index (χ1v) is 8.98. The minimum atomic E-state index is -3.33. The summed E-state index contributed by atoms with van der Waals surface area (Å²) in [5.74, 6) is 0.601. The molecule has 0 spiro atoms. The molecule has 1 rings (SSSR count). The van der Waals surface area contributed by atoms with E-state index in [0.29, 0.717) is 5.92 Å². The third kappa shape index (κ3) is 5.91. The number of hydrogen-bond acceptors (Lipinski definition) is 3. The van der Waals surface area contributed by atoms with Crippen LogP contribution in [0.25, 0.3) is 0 Å². The Hall–Kier alpha value is -0.620. The molecule has 0 aromatic carbocycles. The van der Waals surface area contributed by atoms with Crippen molar-refractivity contribution in [2.75, 3.05) is 19.3 Å². The van der Waals surface area contributed by atoms with E-state index in [4.69, 9.17) is 0 Å². The monoisotopic (exact) mass is 290 g/mol. The highest BCUT2D eigenvalue weighted by molar-refractivity contribution is 7.88. The fourth-order valence-electron chi connectivity index (χ4n) is 2.73. The average molecular weight is 290 g/mol. The Bertz CT molecular complexity index is 395. The van der Waals surface area contributed by atoms with Crippen LogP contribution in [0, 0.1) is 5.92 Å². The fourth-order valence-corrected chi connectivity index (χ4v) is 3.47. The van der Waals surface area contributed by atoms with Gasteiger partial charge >= 0.3 is 0 Å². The SMILES string of the molecule is CCC[C@@H]1CCCN(C(=O)[C@@H](C)NS(C)(=O)=O)CC1. The summed E-state index contributed by atoms with van der Waals surface area (Å²) >= 11 is 0. The lowest BCUT2D eigenvalue weighted by atomic mass is 9.96. The Balaban J connectivity index is 2.53. The van der Waals surface area contributed by atoms with Gasteiger partial charge < -0.3 is 4.90 Å². The Labute approximate surface area is 116 Å². The zero-order valence-corrected chi connectivity index (χ0v) is 13.0. The maximum Gasteiger partial charge on any atom is 0.240 e. The first kappa shape index (κ1) is 16.4. The van der Waals surface area contributed by atoms with Gasteiger partial charge in [-0.05, 0) is 32.1 Å². The van der Waals surface area contributed by atoms with Gasteiger partial charge in [0.05, 0.1) is 12.3 Å². The quantitative estimate of drug-likeness (QED) is 0.831. The van der Waals surface area contributed by atoms with Gasteiger partial charge in [0, 0.05) is 13.1 Å². The van der Waals surface area contributed by atoms with Gasteiger partial charge in [-0.1, -0.05) is 19.8 Å². The topological polar surface area (TPSA) is 66.5 Å². The van der Waals surface area contributed by atoms with Gasteiger partial charge in [0.1, 0.15) is 0 Å². The molecule has 6 heteroatoms. The van der Waals surface area contributed by atoms with Gasteiger partial charge in [0.2, 0.25) is 15.9 Å². The number of amides is 1. The highest BCUT2D eigenvalue weighted by Crippen LogP contribution is 2.22. The van der Waals surface area contributed by atoms with Crippen molar-refractivity contribution >= 4 is 15.9 Å². The molecule has 1 saturated heterocycles. The van der Waals surface area contributed by atoms with Crippen LogP contribution in [0.5, 0.6) is 0 Å². The van der Waals surface area contributed by atoms with E-state index in [1.54, 1.807) is 11.8 Å².